The van der Waals surface area contributed by atoms with Crippen LogP contribution in [0.5, 0.6) is 23.0 Å². The van der Waals surface area contributed by atoms with Crippen LogP contribution in [0.15, 0.2) is 72.8 Å². The monoisotopic (exact) mass is 618 g/mol. The maximum Gasteiger partial charge on any atom is 0.324 e. The number of imide groups is 1. The average Bonchev–Trinajstić information content (AvgIpc) is 3.71. The van der Waals surface area contributed by atoms with E-state index in [1.807, 2.05) is 50.0 Å². The third-order valence-corrected chi connectivity index (χ3v) is 7.86. The van der Waals surface area contributed by atoms with E-state index in [1.54, 1.807) is 36.4 Å². The number of ether oxygens (including phenoxy) is 3. The Morgan fingerprint density at radius 2 is 1.28 bits per heavy atom. The summed E-state index contributed by atoms with van der Waals surface area (Å²) in [6.07, 6.45) is 0.571. The van der Waals surface area contributed by atoms with Gasteiger partial charge in [0.05, 0.1) is 24.3 Å². The Balaban J connectivity index is 0.000000162. The molecular weight excluding hydrogens is 590 g/mol. The van der Waals surface area contributed by atoms with Crippen LogP contribution in [-0.2, 0) is 43.5 Å². The van der Waals surface area contributed by atoms with Crippen molar-refractivity contribution in [3.8, 4) is 23.0 Å². The summed E-state index contributed by atoms with van der Waals surface area (Å²) in [5.74, 6) is 1.74. The average molecular weight is 618 g/mol. The van der Waals surface area contributed by atoms with Crippen LogP contribution in [0.25, 0.3) is 0 Å². The van der Waals surface area contributed by atoms with Crippen molar-refractivity contribution in [1.82, 2.24) is 5.32 Å². The first-order valence-corrected chi connectivity index (χ1v) is 14.6. The van der Waals surface area contributed by atoms with Gasteiger partial charge in [0.15, 0.2) is 0 Å². The highest BCUT2D eigenvalue weighted by Crippen LogP contribution is 2.29. The molecule has 0 aromatic heterocycles. The van der Waals surface area contributed by atoms with Crippen molar-refractivity contribution >= 4 is 55.1 Å². The van der Waals surface area contributed by atoms with Crippen LogP contribution < -0.4 is 31.0 Å². The van der Waals surface area contributed by atoms with Crippen LogP contribution in [0.3, 0.4) is 0 Å². The third-order valence-electron chi connectivity index (χ3n) is 7.86. The molecule has 230 valence electrons. The van der Waals surface area contributed by atoms with Crippen molar-refractivity contribution in [1.29, 1.82) is 0 Å². The smallest absolute Gasteiger partial charge is 0.324 e. The molecule has 0 atom stereocenters. The predicted molar refractivity (Wildman–Crippen MR) is 170 cm³/mol. The van der Waals surface area contributed by atoms with Gasteiger partial charge in [-0.3, -0.25) is 24.5 Å². The molecule has 11 nitrogen and oxygen atoms in total. The summed E-state index contributed by atoms with van der Waals surface area (Å²) < 4.78 is 27.6. The number of nitrogens with one attached hydrogen (secondary N) is 2. The van der Waals surface area contributed by atoms with E-state index in [1.165, 1.54) is 10.9 Å². The molecule has 0 fully saturated rings. The molecule has 13 heteroatoms. The lowest BCUT2D eigenvalue weighted by Crippen LogP contribution is -2.23. The molecule has 3 heterocycles. The number of hydrogen-bond donors (Lipinski definition) is 2. The van der Waals surface area contributed by atoms with Crippen molar-refractivity contribution in [2.45, 2.75) is 33.5 Å². The second kappa shape index (κ2) is 13.3. The Bertz CT molecular complexity index is 1850. The normalized spacial score (nSPS) is 14.0. The van der Waals surface area contributed by atoms with Crippen LogP contribution in [0.4, 0.5) is 5.69 Å². The molecule has 4 aromatic rings. The van der Waals surface area contributed by atoms with Crippen LogP contribution in [0.2, 0.25) is 13.6 Å². The number of anilines is 1. The fraction of sp³-hybridized carbons (Fsp3) is 0.152. The molecule has 0 saturated heterocycles. The van der Waals surface area contributed by atoms with Crippen molar-refractivity contribution in [2.75, 3.05) is 5.32 Å². The van der Waals surface area contributed by atoms with Gasteiger partial charge in [0.2, 0.25) is 6.41 Å². The van der Waals surface area contributed by atoms with Crippen molar-refractivity contribution in [3.63, 3.8) is 0 Å². The number of hydrogen-bond acceptors (Lipinski definition) is 9. The number of fused-ring (bicyclic) bond motifs is 3. The predicted octanol–water partition coefficient (Wildman–Crippen LogP) is 3.80. The molecule has 0 unspecified atom stereocenters. The van der Waals surface area contributed by atoms with Gasteiger partial charge in [-0.2, -0.15) is 0 Å². The fourth-order valence-corrected chi connectivity index (χ4v) is 5.51. The zero-order chi connectivity index (χ0) is 32.2. The van der Waals surface area contributed by atoms with E-state index in [0.717, 1.165) is 11.1 Å². The van der Waals surface area contributed by atoms with Gasteiger partial charge in [0.1, 0.15) is 29.6 Å². The Morgan fingerprint density at radius 1 is 0.739 bits per heavy atom. The molecule has 3 aliphatic heterocycles. The highest BCUT2D eigenvalue weighted by Gasteiger charge is 2.28. The molecule has 4 aromatic carbocycles. The SMILES string of the molecule is CB1OCc2cc(Oc3ccc(NC=O)c(COC=O)c3)ccc21.CB1OCc2cc(Oc3ccc4c(c3)C(=O)NC4=O)ccc21. The second-order valence-corrected chi connectivity index (χ2v) is 10.8. The van der Waals surface area contributed by atoms with Crippen molar-refractivity contribution in [3.05, 3.63) is 101 Å². The Hall–Kier alpha value is -5.39. The van der Waals surface area contributed by atoms with Crippen LogP contribution in [-0.4, -0.2) is 38.5 Å². The van der Waals surface area contributed by atoms with E-state index in [0.29, 0.717) is 71.5 Å². The largest absolute Gasteiger partial charge is 0.463 e. The molecule has 7 rings (SSSR count). The molecular formula is C33H28B2N2O9. The maximum absolute atomic E-state index is 11.7. The van der Waals surface area contributed by atoms with E-state index in [2.05, 4.69) is 10.6 Å². The van der Waals surface area contributed by atoms with E-state index in [9.17, 15) is 19.2 Å². The fourth-order valence-electron chi connectivity index (χ4n) is 5.51. The Morgan fingerprint density at radius 3 is 1.89 bits per heavy atom. The van der Waals surface area contributed by atoms with Crippen molar-refractivity contribution in [2.24, 2.45) is 0 Å². The highest BCUT2D eigenvalue weighted by atomic mass is 16.5. The lowest BCUT2D eigenvalue weighted by Gasteiger charge is -2.12. The van der Waals surface area contributed by atoms with E-state index >= 15 is 0 Å². The molecule has 0 radical (unpaired) electrons. The minimum Gasteiger partial charge on any atom is -0.463 e. The molecule has 2 N–H and O–H groups in total. The van der Waals surface area contributed by atoms with Gasteiger partial charge in [-0.15, -0.1) is 0 Å². The summed E-state index contributed by atoms with van der Waals surface area (Å²) in [7, 11) is 0. The standard InChI is InChI=1S/C17H16BNO5.C16H12BNO4/c1-18-16-4-2-14(6-12(16)9-23-18)24-15-3-5-17(19-10-20)13(7-15)8-22-11-21;1-17-14-5-3-10(6-9(14)8-21-17)22-11-2-4-12-13(7-11)16(20)18-15(12)19/h2-7,10-11H,8-9H2,1H3,(H,19,20);2-7H,8H2,1H3,(H,18,19,20). The molecule has 0 saturated carbocycles. The third kappa shape index (κ3) is 6.51. The van der Waals surface area contributed by atoms with Crippen LogP contribution in [0.1, 0.15) is 37.4 Å². The van der Waals surface area contributed by atoms with Gasteiger partial charge < -0.3 is 28.8 Å². The summed E-state index contributed by atoms with van der Waals surface area (Å²) in [5.41, 5.74) is 6.51. The van der Waals surface area contributed by atoms with Crippen molar-refractivity contribution < 1.29 is 42.7 Å². The number of benzene rings is 4. The van der Waals surface area contributed by atoms with Gasteiger partial charge >= 0.3 is 13.8 Å². The topological polar surface area (TPSA) is 138 Å². The maximum atomic E-state index is 11.7. The molecule has 0 spiro atoms. The number of rotatable bonds is 9. The summed E-state index contributed by atoms with van der Waals surface area (Å²) in [5, 5.41) is 4.83. The van der Waals surface area contributed by atoms with Crippen LogP contribution in [0, 0.1) is 0 Å². The summed E-state index contributed by atoms with van der Waals surface area (Å²) >= 11 is 0. The van der Waals surface area contributed by atoms with Gasteiger partial charge in [-0.05, 0) is 82.7 Å². The van der Waals surface area contributed by atoms with E-state index in [-0.39, 0.29) is 32.3 Å². The zero-order valence-corrected chi connectivity index (χ0v) is 25.0. The Kier molecular flexibility index (Phi) is 8.86. The molecule has 0 aliphatic carbocycles. The number of carbonyl (C=O) groups is 4. The van der Waals surface area contributed by atoms with E-state index in [4.69, 9.17) is 23.5 Å². The highest BCUT2D eigenvalue weighted by molar-refractivity contribution is 6.67. The Labute approximate surface area is 265 Å². The first-order valence-electron chi connectivity index (χ1n) is 14.6. The molecule has 3 amide bonds. The summed E-state index contributed by atoms with van der Waals surface area (Å²) in [6.45, 7) is 5.82. The summed E-state index contributed by atoms with van der Waals surface area (Å²) in [4.78, 5) is 44.2. The molecule has 46 heavy (non-hydrogen) atoms. The quantitative estimate of drug-likeness (QED) is 0.163. The molecule has 0 bridgehead atoms. The minimum atomic E-state index is -0.387. The van der Waals surface area contributed by atoms with Crippen LogP contribution >= 0.6 is 0 Å². The van der Waals surface area contributed by atoms with Gasteiger partial charge in [0.25, 0.3) is 18.3 Å². The lowest BCUT2D eigenvalue weighted by molar-refractivity contribution is -0.129. The second-order valence-electron chi connectivity index (χ2n) is 10.8. The summed E-state index contributed by atoms with van der Waals surface area (Å²) in [6, 6.07) is 21.7. The first kappa shape index (κ1) is 30.6. The van der Waals surface area contributed by atoms with Gasteiger partial charge in [-0.25, -0.2) is 0 Å². The number of amides is 3. The van der Waals surface area contributed by atoms with Gasteiger partial charge in [0, 0.05) is 11.3 Å². The van der Waals surface area contributed by atoms with E-state index < -0.39 is 0 Å². The molecule has 3 aliphatic rings. The first-order chi connectivity index (χ1) is 22.3. The number of carbonyl (C=O) groups excluding carboxylic acids is 4. The minimum absolute atomic E-state index is 0.0480. The van der Waals surface area contributed by atoms with Gasteiger partial charge in [-0.1, -0.05) is 25.8 Å². The lowest BCUT2D eigenvalue weighted by atomic mass is 9.64. The zero-order valence-electron chi connectivity index (χ0n) is 25.0.